The molecule has 218 valence electrons. The van der Waals surface area contributed by atoms with E-state index in [4.69, 9.17) is 0 Å². The van der Waals surface area contributed by atoms with Crippen molar-refractivity contribution >= 4 is 17.8 Å². The smallest absolute Gasteiger partial charge is 0.304 e. The molecule has 2 N–H and O–H groups in total. The van der Waals surface area contributed by atoms with Crippen LogP contribution in [-0.2, 0) is 4.79 Å². The summed E-state index contributed by atoms with van der Waals surface area (Å²) in [5.74, 6) is 2.11. The molecule has 5 aliphatic carbocycles. The Morgan fingerprint density at radius 3 is 2.35 bits per heavy atom. The number of carbonyl (C=O) groups excluding carboxylic acids is 1. The molecule has 0 aliphatic heterocycles. The van der Waals surface area contributed by atoms with E-state index in [1.54, 1.807) is 0 Å². The number of carboxylic acids is 1. The number of hydrogen-bond acceptors (Lipinski definition) is 3. The molecule has 40 heavy (non-hydrogen) atoms. The second kappa shape index (κ2) is 9.54. The van der Waals surface area contributed by atoms with Crippen molar-refractivity contribution in [2.24, 2.45) is 45.3 Å². The fourth-order valence-corrected chi connectivity index (χ4v) is 12.1. The highest BCUT2D eigenvalue weighted by atomic mass is 16.4. The maximum absolute atomic E-state index is 11.3. The minimum Gasteiger partial charge on any atom is -0.481 e. The largest absolute Gasteiger partial charge is 0.481 e. The minimum atomic E-state index is -0.692. The van der Waals surface area contributed by atoms with Crippen LogP contribution in [0, 0.1) is 45.3 Å². The van der Waals surface area contributed by atoms with Crippen molar-refractivity contribution in [1.29, 1.82) is 0 Å². The van der Waals surface area contributed by atoms with Gasteiger partial charge in [-0.2, -0.15) is 0 Å². The van der Waals surface area contributed by atoms with Crippen LogP contribution in [0.5, 0.6) is 0 Å². The Bertz CT molecular complexity index is 1200. The molecule has 1 aromatic carbocycles. The SMILES string of the molecule is CC1(C)C(c2ccc(C=O)cc2)=CC[C@@]2(C)C1CC[C@]1(C)C2CC[C@@H]2C3CCC[C@]3(NCCC(=O)O)CC[C@]21C. The zero-order valence-electron chi connectivity index (χ0n) is 25.5. The van der Waals surface area contributed by atoms with Gasteiger partial charge in [-0.1, -0.05) is 71.4 Å². The van der Waals surface area contributed by atoms with Crippen LogP contribution in [0.2, 0.25) is 0 Å². The Labute approximate surface area is 241 Å². The van der Waals surface area contributed by atoms with Crippen LogP contribution in [0.1, 0.15) is 121 Å². The van der Waals surface area contributed by atoms with E-state index in [-0.39, 0.29) is 17.4 Å². The highest BCUT2D eigenvalue weighted by molar-refractivity contribution is 5.78. The summed E-state index contributed by atoms with van der Waals surface area (Å²) in [6.45, 7) is 13.6. The van der Waals surface area contributed by atoms with Crippen LogP contribution in [0.15, 0.2) is 30.3 Å². The van der Waals surface area contributed by atoms with Crippen LogP contribution in [0.3, 0.4) is 0 Å². The van der Waals surface area contributed by atoms with Crippen LogP contribution in [0.4, 0.5) is 0 Å². The third-order valence-corrected chi connectivity index (χ3v) is 14.1. The number of allylic oxidation sites excluding steroid dienone is 2. The lowest BCUT2D eigenvalue weighted by Crippen LogP contribution is -2.67. The van der Waals surface area contributed by atoms with Gasteiger partial charge in [0.15, 0.2) is 0 Å². The number of benzene rings is 1. The van der Waals surface area contributed by atoms with E-state index in [1.165, 1.54) is 68.9 Å². The number of aliphatic carboxylic acids is 1. The van der Waals surface area contributed by atoms with E-state index in [0.717, 1.165) is 30.1 Å². The third kappa shape index (κ3) is 3.87. The maximum atomic E-state index is 11.3. The van der Waals surface area contributed by atoms with Crippen molar-refractivity contribution in [2.45, 2.75) is 111 Å². The van der Waals surface area contributed by atoms with Crippen molar-refractivity contribution in [3.05, 3.63) is 41.5 Å². The lowest BCUT2D eigenvalue weighted by Gasteiger charge is -2.72. The van der Waals surface area contributed by atoms with Gasteiger partial charge in [0.25, 0.3) is 0 Å². The van der Waals surface area contributed by atoms with E-state index in [9.17, 15) is 14.7 Å². The van der Waals surface area contributed by atoms with Gasteiger partial charge in [0.05, 0.1) is 6.42 Å². The van der Waals surface area contributed by atoms with E-state index in [0.29, 0.717) is 34.6 Å². The Balaban J connectivity index is 1.30. The van der Waals surface area contributed by atoms with E-state index in [1.807, 2.05) is 12.1 Å². The molecule has 5 aliphatic rings. The molecule has 6 rings (SSSR count). The molecule has 3 unspecified atom stereocenters. The average molecular weight is 546 g/mol. The van der Waals surface area contributed by atoms with Crippen LogP contribution in [0.25, 0.3) is 5.57 Å². The topological polar surface area (TPSA) is 66.4 Å². The van der Waals surface area contributed by atoms with Crippen molar-refractivity contribution in [3.8, 4) is 0 Å². The van der Waals surface area contributed by atoms with E-state index in [2.05, 4.69) is 58.1 Å². The monoisotopic (exact) mass is 545 g/mol. The van der Waals surface area contributed by atoms with Gasteiger partial charge in [-0.15, -0.1) is 0 Å². The van der Waals surface area contributed by atoms with Crippen molar-refractivity contribution in [2.75, 3.05) is 6.54 Å². The molecule has 0 amide bonds. The Kier molecular flexibility index (Phi) is 6.73. The van der Waals surface area contributed by atoms with Crippen molar-refractivity contribution in [1.82, 2.24) is 5.32 Å². The first-order chi connectivity index (χ1) is 18.9. The standard InChI is InChI=1S/C36H51NO3/c1-32(2)26(25-10-8-24(23-38)9-11-25)14-18-33(3)29(32)15-19-35(5)30(33)13-12-27-28-7-6-17-36(28,21-20-34(27,35)4)37-22-16-31(39)40/h8-11,14,23,27-30,37H,6-7,12-13,15-22H2,1-5H3,(H,39,40)/t27-,28?,29?,30?,33+,34-,35-,36+/m1/s1. The predicted molar refractivity (Wildman–Crippen MR) is 161 cm³/mol. The quantitative estimate of drug-likeness (QED) is 0.354. The lowest BCUT2D eigenvalue weighted by atomic mass is 9.33. The normalized spacial score (nSPS) is 43.5. The Hall–Kier alpha value is -1.94. The Morgan fingerprint density at radius 2 is 1.65 bits per heavy atom. The highest BCUT2D eigenvalue weighted by Gasteiger charge is 2.69. The number of hydrogen-bond donors (Lipinski definition) is 2. The van der Waals surface area contributed by atoms with Crippen LogP contribution < -0.4 is 5.32 Å². The number of carbonyl (C=O) groups is 2. The van der Waals surface area contributed by atoms with Crippen LogP contribution >= 0.6 is 0 Å². The summed E-state index contributed by atoms with van der Waals surface area (Å²) in [4.78, 5) is 22.5. The summed E-state index contributed by atoms with van der Waals surface area (Å²) in [5.41, 5.74) is 4.72. The summed E-state index contributed by atoms with van der Waals surface area (Å²) < 4.78 is 0. The fraction of sp³-hybridized carbons (Fsp3) is 0.722. The van der Waals surface area contributed by atoms with Crippen molar-refractivity contribution in [3.63, 3.8) is 0 Å². The summed E-state index contributed by atoms with van der Waals surface area (Å²) in [5, 5.41) is 13.1. The molecule has 0 saturated heterocycles. The molecular formula is C36H51NO3. The number of carboxylic acid groups (broad SMARTS) is 1. The molecule has 0 spiro atoms. The number of fused-ring (bicyclic) bond motifs is 7. The first kappa shape index (κ1) is 28.2. The van der Waals surface area contributed by atoms with Gasteiger partial charge in [-0.05, 0) is 114 Å². The van der Waals surface area contributed by atoms with Gasteiger partial charge < -0.3 is 10.4 Å². The molecule has 1 aromatic rings. The van der Waals surface area contributed by atoms with Gasteiger partial charge >= 0.3 is 5.97 Å². The number of aldehydes is 1. The molecule has 0 bridgehead atoms. The molecule has 0 heterocycles. The first-order valence-corrected chi connectivity index (χ1v) is 16.1. The third-order valence-electron chi connectivity index (χ3n) is 14.1. The van der Waals surface area contributed by atoms with Gasteiger partial charge in [0.1, 0.15) is 6.29 Å². The summed E-state index contributed by atoms with van der Waals surface area (Å²) in [6, 6.07) is 8.24. The second-order valence-corrected chi connectivity index (χ2v) is 15.7. The van der Waals surface area contributed by atoms with Crippen LogP contribution in [-0.4, -0.2) is 29.4 Å². The van der Waals surface area contributed by atoms with Gasteiger partial charge in [0, 0.05) is 17.6 Å². The second-order valence-electron chi connectivity index (χ2n) is 15.7. The van der Waals surface area contributed by atoms with E-state index >= 15 is 0 Å². The number of rotatable bonds is 6. The minimum absolute atomic E-state index is 0.0933. The molecule has 0 radical (unpaired) electrons. The van der Waals surface area contributed by atoms with Gasteiger partial charge in [-0.25, -0.2) is 0 Å². The first-order valence-electron chi connectivity index (χ1n) is 16.1. The zero-order valence-corrected chi connectivity index (χ0v) is 25.5. The maximum Gasteiger partial charge on any atom is 0.304 e. The molecule has 0 aromatic heterocycles. The molecule has 4 fully saturated rings. The summed E-state index contributed by atoms with van der Waals surface area (Å²) in [7, 11) is 0. The molecule has 4 nitrogen and oxygen atoms in total. The molecule has 8 atom stereocenters. The highest BCUT2D eigenvalue weighted by Crippen LogP contribution is 2.76. The molecular weight excluding hydrogens is 494 g/mol. The lowest BCUT2D eigenvalue weighted by molar-refractivity contribution is -0.217. The molecule has 4 heteroatoms. The number of nitrogens with one attached hydrogen (secondary N) is 1. The van der Waals surface area contributed by atoms with Crippen molar-refractivity contribution < 1.29 is 14.7 Å². The fourth-order valence-electron chi connectivity index (χ4n) is 12.1. The summed E-state index contributed by atoms with van der Waals surface area (Å²) in [6.07, 6.45) is 16.4. The Morgan fingerprint density at radius 1 is 0.900 bits per heavy atom. The summed E-state index contributed by atoms with van der Waals surface area (Å²) >= 11 is 0. The molecule has 4 saturated carbocycles. The van der Waals surface area contributed by atoms with Gasteiger partial charge in [-0.3, -0.25) is 9.59 Å². The predicted octanol–water partition coefficient (Wildman–Crippen LogP) is 8.16. The average Bonchev–Trinajstić information content (AvgIpc) is 3.33. The zero-order chi connectivity index (χ0) is 28.6. The van der Waals surface area contributed by atoms with Gasteiger partial charge in [0.2, 0.25) is 0 Å². The van der Waals surface area contributed by atoms with E-state index < -0.39 is 5.97 Å².